The molecule has 11 nitrogen and oxygen atoms in total. The zero-order valence-electron chi connectivity index (χ0n) is 24.7. The zero-order chi connectivity index (χ0) is 30.7. The van der Waals surface area contributed by atoms with Gasteiger partial charge in [-0.3, -0.25) is 4.79 Å². The van der Waals surface area contributed by atoms with E-state index in [0.717, 1.165) is 11.1 Å². The number of hydrogen-bond acceptors (Lipinski definition) is 7. The van der Waals surface area contributed by atoms with Gasteiger partial charge in [-0.25, -0.2) is 14.4 Å². The van der Waals surface area contributed by atoms with Gasteiger partial charge in [-0.05, 0) is 37.3 Å². The van der Waals surface area contributed by atoms with Crippen LogP contribution in [0.15, 0.2) is 72.8 Å². The number of benzene rings is 2. The van der Waals surface area contributed by atoms with Crippen molar-refractivity contribution in [3.05, 3.63) is 83.9 Å². The van der Waals surface area contributed by atoms with E-state index in [1.54, 1.807) is 17.9 Å². The summed E-state index contributed by atoms with van der Waals surface area (Å²) in [6.07, 6.45) is 4.45. The number of urea groups is 1. The number of amides is 4. The highest BCUT2D eigenvalue weighted by Crippen LogP contribution is 2.09. The molecule has 0 spiro atoms. The van der Waals surface area contributed by atoms with Crippen molar-refractivity contribution in [3.63, 3.8) is 0 Å². The van der Waals surface area contributed by atoms with Crippen LogP contribution in [0.2, 0.25) is 0 Å². The number of ether oxygens (including phenoxy) is 3. The molecule has 1 saturated heterocycles. The highest BCUT2D eigenvalue weighted by molar-refractivity contribution is 5.88. The zero-order valence-corrected chi connectivity index (χ0v) is 24.7. The first kappa shape index (κ1) is 33.1. The fourth-order valence-corrected chi connectivity index (χ4v) is 4.40. The Hall–Kier alpha value is -4.38. The van der Waals surface area contributed by atoms with Crippen molar-refractivity contribution < 1.29 is 33.4 Å². The first-order valence-electron chi connectivity index (χ1n) is 14.7. The SMILES string of the molecule is CCOC(=O)/C=C/C(CCCCNC(=O)OCc1ccccc1)NC(=O)C(Cc1ccccc1)NC(=O)N1CCOCC1. The number of unbranched alkanes of at least 4 members (excludes halogenated alkanes) is 1. The molecule has 4 amide bonds. The smallest absolute Gasteiger partial charge is 0.407 e. The highest BCUT2D eigenvalue weighted by atomic mass is 16.5. The predicted octanol–water partition coefficient (Wildman–Crippen LogP) is 3.34. The summed E-state index contributed by atoms with van der Waals surface area (Å²) in [5.41, 5.74) is 1.80. The third kappa shape index (κ3) is 13.0. The quantitative estimate of drug-likeness (QED) is 0.164. The number of morpholine rings is 1. The van der Waals surface area contributed by atoms with Crippen molar-refractivity contribution in [2.24, 2.45) is 0 Å². The van der Waals surface area contributed by atoms with Gasteiger partial charge in [-0.15, -0.1) is 0 Å². The van der Waals surface area contributed by atoms with Gasteiger partial charge in [0.25, 0.3) is 0 Å². The first-order valence-corrected chi connectivity index (χ1v) is 14.7. The molecule has 43 heavy (non-hydrogen) atoms. The molecule has 11 heteroatoms. The van der Waals surface area contributed by atoms with Crippen LogP contribution < -0.4 is 16.0 Å². The summed E-state index contributed by atoms with van der Waals surface area (Å²) in [6.45, 7) is 4.32. The molecule has 3 N–H and O–H groups in total. The van der Waals surface area contributed by atoms with E-state index in [0.29, 0.717) is 58.5 Å². The van der Waals surface area contributed by atoms with E-state index < -0.39 is 24.1 Å². The average molecular weight is 595 g/mol. The third-order valence-electron chi connectivity index (χ3n) is 6.70. The monoisotopic (exact) mass is 594 g/mol. The Bertz CT molecular complexity index is 1170. The minimum Gasteiger partial charge on any atom is -0.463 e. The molecule has 0 saturated carbocycles. The van der Waals surface area contributed by atoms with Crippen LogP contribution in [0.25, 0.3) is 0 Å². The summed E-state index contributed by atoms with van der Waals surface area (Å²) in [6, 6.07) is 17.2. The van der Waals surface area contributed by atoms with E-state index >= 15 is 0 Å². The van der Waals surface area contributed by atoms with Gasteiger partial charge in [0.1, 0.15) is 12.6 Å². The van der Waals surface area contributed by atoms with Crippen molar-refractivity contribution >= 4 is 24.0 Å². The molecule has 2 atom stereocenters. The summed E-state index contributed by atoms with van der Waals surface area (Å²) in [7, 11) is 0. The molecular weight excluding hydrogens is 552 g/mol. The summed E-state index contributed by atoms with van der Waals surface area (Å²) < 4.78 is 15.6. The number of rotatable bonds is 15. The molecule has 1 heterocycles. The van der Waals surface area contributed by atoms with Gasteiger partial charge in [0.2, 0.25) is 5.91 Å². The largest absolute Gasteiger partial charge is 0.463 e. The van der Waals surface area contributed by atoms with Gasteiger partial charge in [-0.2, -0.15) is 0 Å². The van der Waals surface area contributed by atoms with E-state index in [1.165, 1.54) is 6.08 Å². The molecule has 1 aliphatic rings. The first-order chi connectivity index (χ1) is 20.9. The lowest BCUT2D eigenvalue weighted by molar-refractivity contribution is -0.137. The minimum absolute atomic E-state index is 0.186. The minimum atomic E-state index is -0.836. The Kier molecular flexibility index (Phi) is 14.6. The van der Waals surface area contributed by atoms with Crippen LogP contribution in [0.4, 0.5) is 9.59 Å². The molecule has 2 aromatic carbocycles. The molecule has 1 fully saturated rings. The van der Waals surface area contributed by atoms with Crippen LogP contribution in [0.5, 0.6) is 0 Å². The van der Waals surface area contributed by atoms with Crippen LogP contribution in [0.3, 0.4) is 0 Å². The van der Waals surface area contributed by atoms with E-state index in [4.69, 9.17) is 14.2 Å². The van der Waals surface area contributed by atoms with Crippen molar-refractivity contribution in [1.29, 1.82) is 0 Å². The molecule has 2 aromatic rings. The van der Waals surface area contributed by atoms with Gasteiger partial charge in [0.05, 0.1) is 19.8 Å². The summed E-state index contributed by atoms with van der Waals surface area (Å²) in [5.74, 6) is -0.877. The van der Waals surface area contributed by atoms with Gasteiger partial charge < -0.3 is 35.1 Å². The second kappa shape index (κ2) is 18.9. The van der Waals surface area contributed by atoms with E-state index in [-0.39, 0.29) is 25.2 Å². The lowest BCUT2D eigenvalue weighted by Gasteiger charge is -2.29. The molecular formula is C32H42N4O7. The van der Waals surface area contributed by atoms with Crippen LogP contribution >= 0.6 is 0 Å². The van der Waals surface area contributed by atoms with Crippen molar-refractivity contribution in [1.82, 2.24) is 20.9 Å². The fourth-order valence-electron chi connectivity index (χ4n) is 4.40. The molecule has 232 valence electrons. The van der Waals surface area contributed by atoms with E-state index in [9.17, 15) is 19.2 Å². The van der Waals surface area contributed by atoms with E-state index in [1.807, 2.05) is 60.7 Å². The number of nitrogens with zero attached hydrogens (tertiary/aromatic N) is 1. The Morgan fingerprint density at radius 1 is 0.907 bits per heavy atom. The standard InChI is InChI=1S/C32H42N4O7/c1-2-42-29(37)17-16-27(15-9-10-18-33-32(40)43-24-26-13-7-4-8-14-26)34-30(38)28(23-25-11-5-3-6-12-25)35-31(39)36-19-21-41-22-20-36/h3-8,11-14,16-17,27-28H,2,9-10,15,18-24H2,1H3,(H,33,40)(H,34,38)(H,35,39)/b17-16+. The second-order valence-electron chi connectivity index (χ2n) is 10.0. The maximum Gasteiger partial charge on any atom is 0.407 e. The highest BCUT2D eigenvalue weighted by Gasteiger charge is 2.26. The summed E-state index contributed by atoms with van der Waals surface area (Å²) in [5, 5.41) is 8.59. The molecule has 2 unspecified atom stereocenters. The van der Waals surface area contributed by atoms with Crippen LogP contribution in [0, 0.1) is 0 Å². The van der Waals surface area contributed by atoms with E-state index in [2.05, 4.69) is 16.0 Å². The second-order valence-corrected chi connectivity index (χ2v) is 10.0. The normalized spacial score (nSPS) is 14.4. The predicted molar refractivity (Wildman–Crippen MR) is 161 cm³/mol. The fraction of sp³-hybridized carbons (Fsp3) is 0.438. The van der Waals surface area contributed by atoms with Crippen molar-refractivity contribution in [2.45, 2.75) is 51.3 Å². The topological polar surface area (TPSA) is 135 Å². The lowest BCUT2D eigenvalue weighted by Crippen LogP contribution is -2.55. The number of esters is 1. The summed E-state index contributed by atoms with van der Waals surface area (Å²) >= 11 is 0. The maximum absolute atomic E-state index is 13.5. The number of nitrogens with one attached hydrogen (secondary N) is 3. The van der Waals surface area contributed by atoms with Crippen LogP contribution in [0.1, 0.15) is 37.3 Å². The Morgan fingerprint density at radius 2 is 1.58 bits per heavy atom. The average Bonchev–Trinajstić information content (AvgIpc) is 3.03. The molecule has 1 aliphatic heterocycles. The van der Waals surface area contributed by atoms with Crippen molar-refractivity contribution in [2.75, 3.05) is 39.5 Å². The Balaban J connectivity index is 1.56. The number of carbonyl (C=O) groups excluding carboxylic acids is 4. The Labute approximate surface area is 252 Å². The molecule has 3 rings (SSSR count). The number of hydrogen-bond donors (Lipinski definition) is 3. The molecule has 0 aliphatic carbocycles. The number of carbonyl (C=O) groups is 4. The molecule has 0 aromatic heterocycles. The van der Waals surface area contributed by atoms with Crippen molar-refractivity contribution in [3.8, 4) is 0 Å². The van der Waals surface area contributed by atoms with Gasteiger partial charge >= 0.3 is 18.1 Å². The molecule has 0 radical (unpaired) electrons. The number of alkyl carbamates (subject to hydrolysis) is 1. The maximum atomic E-state index is 13.5. The lowest BCUT2D eigenvalue weighted by atomic mass is 10.0. The van der Waals surface area contributed by atoms with Gasteiger partial charge in [0.15, 0.2) is 0 Å². The molecule has 0 bridgehead atoms. The van der Waals surface area contributed by atoms with Crippen LogP contribution in [-0.2, 0) is 36.8 Å². The van der Waals surface area contributed by atoms with Gasteiger partial charge in [-0.1, -0.05) is 66.7 Å². The van der Waals surface area contributed by atoms with Crippen LogP contribution in [-0.4, -0.2) is 80.4 Å². The third-order valence-corrected chi connectivity index (χ3v) is 6.70. The summed E-state index contributed by atoms with van der Waals surface area (Å²) in [4.78, 5) is 52.1. The Morgan fingerprint density at radius 3 is 2.26 bits per heavy atom. The van der Waals surface area contributed by atoms with Gasteiger partial charge in [0, 0.05) is 38.2 Å².